The maximum atomic E-state index is 12.5. The molecular weight excluding hydrogens is 307 g/mol. The van der Waals surface area contributed by atoms with Crippen LogP contribution in [0.4, 0.5) is 18.9 Å². The van der Waals surface area contributed by atoms with Crippen LogP contribution in [0, 0.1) is 0 Å². The Morgan fingerprint density at radius 3 is 2.17 bits per heavy atom. The first-order valence-electron chi connectivity index (χ1n) is 6.02. The second kappa shape index (κ2) is 5.51. The van der Waals surface area contributed by atoms with Crippen molar-refractivity contribution in [2.24, 2.45) is 0 Å². The lowest BCUT2D eigenvalue weighted by atomic mass is 9.91. The summed E-state index contributed by atoms with van der Waals surface area (Å²) in [6, 6.07) is 5.96. The lowest BCUT2D eigenvalue weighted by molar-refractivity contribution is -0.137. The number of hydrogen-bond acceptors (Lipinski definition) is 1. The first-order valence-corrected chi connectivity index (χ1v) is 7.14. The van der Waals surface area contributed by atoms with E-state index in [1.165, 1.54) is 6.42 Å². The molecule has 0 heterocycles. The van der Waals surface area contributed by atoms with Crippen molar-refractivity contribution in [1.29, 1.82) is 0 Å². The molecule has 0 amide bonds. The number of rotatable bonds is 4. The van der Waals surface area contributed by atoms with Gasteiger partial charge in [-0.3, -0.25) is 0 Å². The van der Waals surface area contributed by atoms with Crippen LogP contribution < -0.4 is 4.90 Å². The molecule has 0 bridgehead atoms. The maximum absolute atomic E-state index is 12.5. The summed E-state index contributed by atoms with van der Waals surface area (Å²) in [6.07, 6.45) is -0.776. The molecule has 0 aliphatic heterocycles. The highest BCUT2D eigenvalue weighted by molar-refractivity contribution is 9.09. The minimum atomic E-state index is -4.25. The highest BCUT2D eigenvalue weighted by Crippen LogP contribution is 2.33. The molecule has 1 nitrogen and oxygen atoms in total. The second-order valence-corrected chi connectivity index (χ2v) is 5.30. The molecule has 5 heteroatoms. The number of alkyl halides is 4. The average Bonchev–Trinajstić information content (AvgIpc) is 2.25. The van der Waals surface area contributed by atoms with Gasteiger partial charge in [0.1, 0.15) is 0 Å². The lowest BCUT2D eigenvalue weighted by Crippen LogP contribution is -2.41. The van der Waals surface area contributed by atoms with Gasteiger partial charge in [0, 0.05) is 23.6 Å². The quantitative estimate of drug-likeness (QED) is 0.740. The third-order valence-corrected chi connectivity index (χ3v) is 3.72. The molecule has 100 valence electrons. The van der Waals surface area contributed by atoms with E-state index in [0.29, 0.717) is 6.04 Å². The molecule has 0 N–H and O–H groups in total. The van der Waals surface area contributed by atoms with Crippen molar-refractivity contribution in [2.45, 2.75) is 31.5 Å². The van der Waals surface area contributed by atoms with Crippen molar-refractivity contribution in [3.63, 3.8) is 0 Å². The van der Waals surface area contributed by atoms with Crippen LogP contribution in [0.25, 0.3) is 0 Å². The van der Waals surface area contributed by atoms with Gasteiger partial charge in [0.15, 0.2) is 0 Å². The van der Waals surface area contributed by atoms with E-state index in [9.17, 15) is 13.2 Å². The van der Waals surface area contributed by atoms with Crippen LogP contribution in [0.5, 0.6) is 0 Å². The zero-order valence-corrected chi connectivity index (χ0v) is 11.5. The van der Waals surface area contributed by atoms with Crippen LogP contribution in [-0.2, 0) is 6.18 Å². The lowest BCUT2D eigenvalue weighted by Gasteiger charge is -2.39. The predicted octanol–water partition coefficient (Wildman–Crippen LogP) is 4.46. The largest absolute Gasteiger partial charge is 0.416 e. The average molecular weight is 322 g/mol. The van der Waals surface area contributed by atoms with E-state index in [1.807, 2.05) is 0 Å². The van der Waals surface area contributed by atoms with E-state index in [4.69, 9.17) is 0 Å². The molecule has 1 aliphatic rings. The smallest absolute Gasteiger partial charge is 0.368 e. The standard InChI is InChI=1S/C13H15BrF3N/c14-8-9-18(11-2-1-3-11)12-6-4-10(5-7-12)13(15,16)17/h4-7,11H,1-3,8-9H2. The first kappa shape index (κ1) is 13.7. The van der Waals surface area contributed by atoms with Gasteiger partial charge < -0.3 is 4.90 Å². The summed E-state index contributed by atoms with van der Waals surface area (Å²) in [5.74, 6) is 0. The third kappa shape index (κ3) is 2.99. The molecule has 1 aliphatic carbocycles. The molecule has 0 spiro atoms. The monoisotopic (exact) mass is 321 g/mol. The summed E-state index contributed by atoms with van der Waals surface area (Å²) in [4.78, 5) is 2.19. The van der Waals surface area contributed by atoms with Gasteiger partial charge in [0.2, 0.25) is 0 Å². The molecule has 1 aromatic rings. The minimum absolute atomic E-state index is 0.485. The number of anilines is 1. The fraction of sp³-hybridized carbons (Fsp3) is 0.538. The minimum Gasteiger partial charge on any atom is -0.368 e. The second-order valence-electron chi connectivity index (χ2n) is 4.51. The van der Waals surface area contributed by atoms with Crippen LogP contribution in [0.3, 0.4) is 0 Å². The van der Waals surface area contributed by atoms with Crippen LogP contribution in [0.2, 0.25) is 0 Å². The van der Waals surface area contributed by atoms with Crippen LogP contribution in [0.1, 0.15) is 24.8 Å². The van der Waals surface area contributed by atoms with Crippen molar-refractivity contribution in [3.05, 3.63) is 29.8 Å². The number of benzene rings is 1. The topological polar surface area (TPSA) is 3.24 Å². The summed E-state index contributed by atoms with van der Waals surface area (Å²) in [6.45, 7) is 0.829. The van der Waals surface area contributed by atoms with Crippen molar-refractivity contribution >= 4 is 21.6 Å². The summed E-state index contributed by atoms with van der Waals surface area (Å²) in [7, 11) is 0. The van der Waals surface area contributed by atoms with Gasteiger partial charge in [-0.05, 0) is 43.5 Å². The molecule has 18 heavy (non-hydrogen) atoms. The fourth-order valence-electron chi connectivity index (χ4n) is 2.15. The molecule has 0 atom stereocenters. The van der Waals surface area contributed by atoms with E-state index in [0.717, 1.165) is 42.5 Å². The van der Waals surface area contributed by atoms with E-state index in [-0.39, 0.29) is 0 Å². The molecule has 0 saturated heterocycles. The van der Waals surface area contributed by atoms with Crippen LogP contribution in [-0.4, -0.2) is 17.9 Å². The SMILES string of the molecule is FC(F)(F)c1ccc(N(CCBr)C2CCC2)cc1. The molecule has 1 fully saturated rings. The van der Waals surface area contributed by atoms with Gasteiger partial charge in [-0.15, -0.1) is 0 Å². The summed E-state index contributed by atoms with van der Waals surface area (Å²) < 4.78 is 37.5. The van der Waals surface area contributed by atoms with Crippen molar-refractivity contribution < 1.29 is 13.2 Å². The van der Waals surface area contributed by atoms with Gasteiger partial charge in [-0.25, -0.2) is 0 Å². The van der Waals surface area contributed by atoms with Crippen molar-refractivity contribution in [2.75, 3.05) is 16.8 Å². The third-order valence-electron chi connectivity index (χ3n) is 3.37. The summed E-state index contributed by atoms with van der Waals surface area (Å²) in [5.41, 5.74) is 0.297. The highest BCUT2D eigenvalue weighted by atomic mass is 79.9. The molecule has 1 aromatic carbocycles. The Kier molecular flexibility index (Phi) is 4.20. The Hall–Kier alpha value is -0.710. The Balaban J connectivity index is 2.15. The summed E-state index contributed by atoms with van der Waals surface area (Å²) >= 11 is 3.39. The first-order chi connectivity index (χ1) is 8.52. The normalized spacial score (nSPS) is 16.4. The van der Waals surface area contributed by atoms with Gasteiger partial charge in [-0.2, -0.15) is 13.2 Å². The number of halogens is 4. The van der Waals surface area contributed by atoms with Gasteiger partial charge >= 0.3 is 6.18 Å². The van der Waals surface area contributed by atoms with Crippen molar-refractivity contribution in [1.82, 2.24) is 0 Å². The van der Waals surface area contributed by atoms with Crippen molar-refractivity contribution in [3.8, 4) is 0 Å². The summed E-state index contributed by atoms with van der Waals surface area (Å²) in [5, 5.41) is 0.824. The van der Waals surface area contributed by atoms with Gasteiger partial charge in [0.25, 0.3) is 0 Å². The number of nitrogens with zero attached hydrogens (tertiary/aromatic N) is 1. The zero-order valence-electron chi connectivity index (χ0n) is 9.88. The Morgan fingerprint density at radius 1 is 1.17 bits per heavy atom. The van der Waals surface area contributed by atoms with E-state index < -0.39 is 11.7 Å². The van der Waals surface area contributed by atoms with Crippen LogP contribution >= 0.6 is 15.9 Å². The molecule has 0 radical (unpaired) electrons. The van der Waals surface area contributed by atoms with E-state index >= 15 is 0 Å². The Morgan fingerprint density at radius 2 is 1.78 bits per heavy atom. The van der Waals surface area contributed by atoms with E-state index in [1.54, 1.807) is 12.1 Å². The molecular formula is C13H15BrF3N. The van der Waals surface area contributed by atoms with Crippen LogP contribution in [0.15, 0.2) is 24.3 Å². The van der Waals surface area contributed by atoms with E-state index in [2.05, 4.69) is 20.8 Å². The van der Waals surface area contributed by atoms with Gasteiger partial charge in [-0.1, -0.05) is 15.9 Å². The molecule has 0 aromatic heterocycles. The Labute approximate surface area is 113 Å². The molecule has 0 unspecified atom stereocenters. The molecule has 1 saturated carbocycles. The fourth-order valence-corrected chi connectivity index (χ4v) is 2.54. The van der Waals surface area contributed by atoms with Gasteiger partial charge in [0.05, 0.1) is 5.56 Å². The number of hydrogen-bond donors (Lipinski definition) is 0. The predicted molar refractivity (Wildman–Crippen MR) is 70.2 cm³/mol. The Bertz CT molecular complexity index is 384. The maximum Gasteiger partial charge on any atom is 0.416 e. The highest BCUT2D eigenvalue weighted by Gasteiger charge is 2.31. The molecule has 2 rings (SSSR count). The zero-order chi connectivity index (χ0) is 13.2.